The first kappa shape index (κ1) is 12.8. The highest BCUT2D eigenvalue weighted by atomic mass is 16.2. The van der Waals surface area contributed by atoms with E-state index in [1.165, 1.54) is 0 Å². The lowest BCUT2D eigenvalue weighted by molar-refractivity contribution is -0.129. The molecule has 2 rings (SSSR count). The molecule has 5 nitrogen and oxygen atoms in total. The molecule has 1 amide bonds. The van der Waals surface area contributed by atoms with Crippen LogP contribution in [0, 0.1) is 0 Å². The van der Waals surface area contributed by atoms with Crippen molar-refractivity contribution in [3.8, 4) is 0 Å². The molecule has 2 heterocycles. The Bertz CT molecular complexity index is 419. The zero-order valence-corrected chi connectivity index (χ0v) is 11.0. The van der Waals surface area contributed by atoms with E-state index in [-0.39, 0.29) is 7.33 Å². The van der Waals surface area contributed by atoms with Gasteiger partial charge in [-0.25, -0.2) is 9.97 Å². The Labute approximate surface area is 109 Å². The normalized spacial score (nSPS) is 16.7. The molecule has 0 saturated carbocycles. The molecule has 0 spiro atoms. The number of nitrogens with zero attached hydrogens (tertiary/aromatic N) is 3. The Kier molecular flexibility index (Phi) is 4.12. The molecule has 0 aromatic carbocycles. The number of carbonyl (C=O) groups excluding carboxylic acids is 1. The monoisotopic (exact) mass is 250 g/mol. The van der Waals surface area contributed by atoms with E-state index in [0.717, 1.165) is 43.9 Å². The van der Waals surface area contributed by atoms with Crippen molar-refractivity contribution in [3.63, 3.8) is 0 Å². The SMILES string of the molecule is CCc1cc(NC2CCN(C(C)=O)CC2)ncn1.[HH]. The third kappa shape index (κ3) is 3.18. The van der Waals surface area contributed by atoms with E-state index in [4.69, 9.17) is 0 Å². The van der Waals surface area contributed by atoms with Crippen LogP contribution in [0.5, 0.6) is 0 Å². The minimum Gasteiger partial charge on any atom is -0.367 e. The van der Waals surface area contributed by atoms with E-state index in [0.29, 0.717) is 6.04 Å². The molecule has 0 unspecified atom stereocenters. The lowest BCUT2D eigenvalue weighted by atomic mass is 10.1. The number of hydrogen-bond acceptors (Lipinski definition) is 4. The average molecular weight is 250 g/mol. The third-order valence-corrected chi connectivity index (χ3v) is 3.38. The van der Waals surface area contributed by atoms with Crippen LogP contribution in [0.4, 0.5) is 5.82 Å². The number of aryl methyl sites for hydroxylation is 1. The number of nitrogens with one attached hydrogen (secondary N) is 1. The first-order valence-electron chi connectivity index (χ1n) is 6.52. The lowest BCUT2D eigenvalue weighted by Crippen LogP contribution is -2.41. The maximum atomic E-state index is 11.2. The van der Waals surface area contributed by atoms with Crippen LogP contribution in [-0.2, 0) is 11.2 Å². The van der Waals surface area contributed by atoms with Crippen molar-refractivity contribution in [2.45, 2.75) is 39.2 Å². The van der Waals surface area contributed by atoms with Gasteiger partial charge in [-0.2, -0.15) is 0 Å². The van der Waals surface area contributed by atoms with Crippen LogP contribution < -0.4 is 5.32 Å². The molecule has 1 aliphatic rings. The second-order valence-corrected chi connectivity index (χ2v) is 4.67. The fourth-order valence-electron chi connectivity index (χ4n) is 2.22. The number of carbonyl (C=O) groups is 1. The number of piperidine rings is 1. The van der Waals surface area contributed by atoms with Gasteiger partial charge in [-0.3, -0.25) is 4.79 Å². The van der Waals surface area contributed by atoms with Crippen LogP contribution in [0.15, 0.2) is 12.4 Å². The Morgan fingerprint density at radius 2 is 2.22 bits per heavy atom. The van der Waals surface area contributed by atoms with Crippen molar-refractivity contribution < 1.29 is 6.22 Å². The standard InChI is InChI=1S/C13H20N4O.H2/c1-3-11-8-13(15-9-14-11)16-12-4-6-17(7-5-12)10(2)18;/h8-9,12H,3-7H2,1-2H3,(H,14,15,16);1H. The van der Waals surface area contributed by atoms with E-state index in [2.05, 4.69) is 22.2 Å². The van der Waals surface area contributed by atoms with E-state index in [9.17, 15) is 4.79 Å². The van der Waals surface area contributed by atoms with E-state index < -0.39 is 0 Å². The van der Waals surface area contributed by atoms with Gasteiger partial charge in [-0.05, 0) is 19.3 Å². The van der Waals surface area contributed by atoms with Crippen molar-refractivity contribution in [2.24, 2.45) is 0 Å². The van der Waals surface area contributed by atoms with Gasteiger partial charge in [0, 0.05) is 39.2 Å². The summed E-state index contributed by atoms with van der Waals surface area (Å²) in [5.74, 6) is 1.06. The molecule has 1 aromatic heterocycles. The predicted molar refractivity (Wildman–Crippen MR) is 72.4 cm³/mol. The number of aromatic nitrogens is 2. The van der Waals surface area contributed by atoms with Gasteiger partial charge in [0.25, 0.3) is 0 Å². The van der Waals surface area contributed by atoms with Gasteiger partial charge in [0.1, 0.15) is 12.1 Å². The highest BCUT2D eigenvalue weighted by molar-refractivity contribution is 5.73. The van der Waals surface area contributed by atoms with Crippen LogP contribution in [0.25, 0.3) is 0 Å². The second-order valence-electron chi connectivity index (χ2n) is 4.67. The minimum atomic E-state index is 0. The smallest absolute Gasteiger partial charge is 0.219 e. The van der Waals surface area contributed by atoms with Crippen LogP contribution >= 0.6 is 0 Å². The van der Waals surface area contributed by atoms with Crippen molar-refractivity contribution >= 4 is 11.7 Å². The third-order valence-electron chi connectivity index (χ3n) is 3.38. The van der Waals surface area contributed by atoms with Crippen LogP contribution in [0.2, 0.25) is 0 Å². The zero-order chi connectivity index (χ0) is 13.0. The molecule has 1 aromatic rings. The molecule has 100 valence electrons. The van der Waals surface area contributed by atoms with Gasteiger partial charge in [0.05, 0.1) is 0 Å². The maximum absolute atomic E-state index is 11.2. The largest absolute Gasteiger partial charge is 0.367 e. The van der Waals surface area contributed by atoms with Gasteiger partial charge in [-0.1, -0.05) is 6.92 Å². The summed E-state index contributed by atoms with van der Waals surface area (Å²) < 4.78 is 0. The highest BCUT2D eigenvalue weighted by Crippen LogP contribution is 2.15. The number of anilines is 1. The molecular formula is C13H22N4O. The van der Waals surface area contributed by atoms with E-state index in [1.807, 2.05) is 11.0 Å². The summed E-state index contributed by atoms with van der Waals surface area (Å²) in [6, 6.07) is 2.40. The van der Waals surface area contributed by atoms with Crippen molar-refractivity contribution in [2.75, 3.05) is 18.4 Å². The molecule has 0 bridgehead atoms. The topological polar surface area (TPSA) is 58.1 Å². The molecule has 1 saturated heterocycles. The highest BCUT2D eigenvalue weighted by Gasteiger charge is 2.20. The lowest BCUT2D eigenvalue weighted by Gasteiger charge is -2.31. The first-order valence-corrected chi connectivity index (χ1v) is 6.52. The Hall–Kier alpha value is -1.65. The van der Waals surface area contributed by atoms with Gasteiger partial charge >= 0.3 is 0 Å². The van der Waals surface area contributed by atoms with E-state index in [1.54, 1.807) is 13.3 Å². The summed E-state index contributed by atoms with van der Waals surface area (Å²) in [6.45, 7) is 5.38. The number of amides is 1. The molecule has 1 aliphatic heterocycles. The molecular weight excluding hydrogens is 228 g/mol. The Morgan fingerprint density at radius 1 is 1.50 bits per heavy atom. The maximum Gasteiger partial charge on any atom is 0.219 e. The number of rotatable bonds is 3. The van der Waals surface area contributed by atoms with Gasteiger partial charge in [-0.15, -0.1) is 0 Å². The Balaban J connectivity index is 0.00000180. The van der Waals surface area contributed by atoms with Gasteiger partial charge in [0.2, 0.25) is 5.91 Å². The predicted octanol–water partition coefficient (Wildman–Crippen LogP) is 1.71. The summed E-state index contributed by atoms with van der Waals surface area (Å²) in [7, 11) is 0. The van der Waals surface area contributed by atoms with E-state index >= 15 is 0 Å². The fourth-order valence-corrected chi connectivity index (χ4v) is 2.22. The molecule has 18 heavy (non-hydrogen) atoms. The van der Waals surface area contributed by atoms with Crippen LogP contribution in [0.1, 0.15) is 33.8 Å². The molecule has 5 heteroatoms. The number of likely N-dealkylation sites (tertiary alicyclic amines) is 1. The summed E-state index contributed by atoms with van der Waals surface area (Å²) in [5.41, 5.74) is 1.05. The summed E-state index contributed by atoms with van der Waals surface area (Å²) >= 11 is 0. The molecule has 1 fully saturated rings. The second kappa shape index (κ2) is 5.80. The van der Waals surface area contributed by atoms with Crippen LogP contribution in [-0.4, -0.2) is 39.9 Å². The average Bonchev–Trinajstić information content (AvgIpc) is 2.39. The molecule has 0 atom stereocenters. The molecule has 1 N–H and O–H groups in total. The van der Waals surface area contributed by atoms with Crippen molar-refractivity contribution in [3.05, 3.63) is 18.1 Å². The van der Waals surface area contributed by atoms with Crippen molar-refractivity contribution in [1.82, 2.24) is 14.9 Å². The minimum absolute atomic E-state index is 0. The summed E-state index contributed by atoms with van der Waals surface area (Å²) in [4.78, 5) is 21.5. The van der Waals surface area contributed by atoms with Gasteiger partial charge < -0.3 is 10.2 Å². The van der Waals surface area contributed by atoms with Gasteiger partial charge in [0.15, 0.2) is 0 Å². The first-order chi connectivity index (χ1) is 8.69. The quantitative estimate of drug-likeness (QED) is 0.887. The Morgan fingerprint density at radius 3 is 2.83 bits per heavy atom. The molecule has 0 radical (unpaired) electrons. The summed E-state index contributed by atoms with van der Waals surface area (Å²) in [6.07, 6.45) is 4.47. The van der Waals surface area contributed by atoms with Crippen molar-refractivity contribution in [1.29, 1.82) is 0 Å². The number of hydrogen-bond donors (Lipinski definition) is 1. The van der Waals surface area contributed by atoms with Crippen LogP contribution in [0.3, 0.4) is 0 Å². The fraction of sp³-hybridized carbons (Fsp3) is 0.615. The summed E-state index contributed by atoms with van der Waals surface area (Å²) in [5, 5.41) is 3.43. The molecule has 0 aliphatic carbocycles. The zero-order valence-electron chi connectivity index (χ0n) is 11.0.